The SMILES string of the molecule is C.CCOC(=O)c1cc2cc[nH]cc-2c1NC(=O)CN1CCCC(C)(C)C1. The fourth-order valence-electron chi connectivity index (χ4n) is 3.72. The van der Waals surface area contributed by atoms with E-state index in [0.29, 0.717) is 24.4 Å². The van der Waals surface area contributed by atoms with Gasteiger partial charge in [-0.1, -0.05) is 21.3 Å². The molecule has 2 aliphatic heterocycles. The molecule has 0 radical (unpaired) electrons. The van der Waals surface area contributed by atoms with Crippen molar-refractivity contribution in [3.8, 4) is 11.1 Å². The fourth-order valence-corrected chi connectivity index (χ4v) is 3.72. The number of nitrogens with zero attached hydrogens (tertiary/aromatic N) is 1. The van der Waals surface area contributed by atoms with E-state index in [2.05, 4.69) is 29.0 Å². The number of aromatic nitrogens is 1. The molecule has 27 heavy (non-hydrogen) atoms. The first-order chi connectivity index (χ1) is 12.4. The van der Waals surface area contributed by atoms with Crippen LogP contribution in [0.5, 0.6) is 0 Å². The molecule has 3 rings (SSSR count). The van der Waals surface area contributed by atoms with E-state index < -0.39 is 5.97 Å². The van der Waals surface area contributed by atoms with E-state index in [-0.39, 0.29) is 18.7 Å². The van der Waals surface area contributed by atoms with Crippen LogP contribution in [0.1, 0.15) is 51.4 Å². The van der Waals surface area contributed by atoms with Crippen LogP contribution in [0.3, 0.4) is 0 Å². The number of ether oxygens (including phenoxy) is 1. The minimum Gasteiger partial charge on any atom is -0.462 e. The van der Waals surface area contributed by atoms with Gasteiger partial charge in [0.2, 0.25) is 5.91 Å². The molecule has 0 aromatic heterocycles. The summed E-state index contributed by atoms with van der Waals surface area (Å²) in [6.07, 6.45) is 5.86. The molecule has 1 aliphatic carbocycles. The Morgan fingerprint density at radius 3 is 2.85 bits per heavy atom. The number of rotatable bonds is 5. The first-order valence-electron chi connectivity index (χ1n) is 9.18. The number of carbonyl (C=O) groups is 2. The van der Waals surface area contributed by atoms with Crippen molar-refractivity contribution in [1.82, 2.24) is 9.88 Å². The summed E-state index contributed by atoms with van der Waals surface area (Å²) in [5.74, 6) is -0.525. The van der Waals surface area contributed by atoms with Crippen molar-refractivity contribution >= 4 is 17.6 Å². The smallest absolute Gasteiger partial charge is 0.340 e. The average molecular weight is 373 g/mol. The van der Waals surface area contributed by atoms with Gasteiger partial charge in [0.05, 0.1) is 24.4 Å². The second-order valence-electron chi connectivity index (χ2n) is 7.69. The van der Waals surface area contributed by atoms with Crippen LogP contribution in [0.2, 0.25) is 0 Å². The van der Waals surface area contributed by atoms with Crippen LogP contribution in [0.4, 0.5) is 5.69 Å². The Bertz CT molecular complexity index is 766. The van der Waals surface area contributed by atoms with Gasteiger partial charge < -0.3 is 15.0 Å². The molecule has 0 unspecified atom stereocenters. The van der Waals surface area contributed by atoms with Crippen molar-refractivity contribution in [2.24, 2.45) is 5.41 Å². The van der Waals surface area contributed by atoms with Gasteiger partial charge in [0, 0.05) is 24.5 Å². The number of piperidine rings is 1. The van der Waals surface area contributed by atoms with Gasteiger partial charge in [0.15, 0.2) is 0 Å². The van der Waals surface area contributed by atoms with Crippen molar-refractivity contribution in [3.05, 3.63) is 30.1 Å². The number of H-pyrrole nitrogens is 1. The Hall–Kier alpha value is -2.34. The number of anilines is 1. The zero-order valence-electron chi connectivity index (χ0n) is 15.7. The monoisotopic (exact) mass is 373 g/mol. The van der Waals surface area contributed by atoms with E-state index >= 15 is 0 Å². The maximum atomic E-state index is 12.7. The number of pyridine rings is 1. The topological polar surface area (TPSA) is 74.4 Å². The third-order valence-electron chi connectivity index (χ3n) is 4.84. The molecule has 1 saturated heterocycles. The Morgan fingerprint density at radius 2 is 2.15 bits per heavy atom. The zero-order valence-corrected chi connectivity index (χ0v) is 15.7. The summed E-state index contributed by atoms with van der Waals surface area (Å²) in [7, 11) is 0. The predicted molar refractivity (Wildman–Crippen MR) is 108 cm³/mol. The highest BCUT2D eigenvalue weighted by atomic mass is 16.5. The summed E-state index contributed by atoms with van der Waals surface area (Å²) >= 11 is 0. The van der Waals surface area contributed by atoms with Crippen LogP contribution >= 0.6 is 0 Å². The van der Waals surface area contributed by atoms with Gasteiger partial charge in [-0.25, -0.2) is 4.79 Å². The van der Waals surface area contributed by atoms with Gasteiger partial charge in [0.1, 0.15) is 0 Å². The number of hydrogen-bond donors (Lipinski definition) is 2. The van der Waals surface area contributed by atoms with E-state index in [1.54, 1.807) is 25.4 Å². The standard InChI is InChI=1S/C20H27N3O3.CH4/c1-4-26-19(25)15-10-14-6-8-21-11-16(14)18(15)22-17(24)12-23-9-5-7-20(2,3)13-23;/h6,8,10-11,21H,4-5,7,9,12-13H2,1-3H3,(H,22,24);1H4. The fraction of sp³-hybridized carbons (Fsp3) is 0.524. The molecule has 0 spiro atoms. The van der Waals surface area contributed by atoms with Crippen molar-refractivity contribution in [3.63, 3.8) is 0 Å². The number of likely N-dealkylation sites (tertiary alicyclic amines) is 1. The maximum Gasteiger partial charge on any atom is 0.340 e. The van der Waals surface area contributed by atoms with E-state index in [1.807, 2.05) is 6.07 Å². The third kappa shape index (κ3) is 4.89. The second kappa shape index (κ2) is 8.57. The zero-order chi connectivity index (χ0) is 18.7. The number of esters is 1. The van der Waals surface area contributed by atoms with Gasteiger partial charge in [0.25, 0.3) is 0 Å². The number of nitrogens with one attached hydrogen (secondary N) is 2. The van der Waals surface area contributed by atoms with Crippen LogP contribution < -0.4 is 5.32 Å². The molecule has 0 atom stereocenters. The Balaban J connectivity index is 0.00000261. The van der Waals surface area contributed by atoms with Gasteiger partial charge in [-0.05, 0) is 49.4 Å². The van der Waals surface area contributed by atoms with Crippen molar-refractivity contribution in [1.29, 1.82) is 0 Å². The van der Waals surface area contributed by atoms with Crippen LogP contribution in [-0.4, -0.2) is 48.0 Å². The number of hydrogen-bond acceptors (Lipinski definition) is 4. The highest BCUT2D eigenvalue weighted by Gasteiger charge is 2.28. The Labute approximate surface area is 161 Å². The quantitative estimate of drug-likeness (QED) is 0.777. The molecule has 6 nitrogen and oxygen atoms in total. The summed E-state index contributed by atoms with van der Waals surface area (Å²) < 4.78 is 5.15. The van der Waals surface area contributed by atoms with Crippen molar-refractivity contribution in [2.75, 3.05) is 31.6 Å². The summed E-state index contributed by atoms with van der Waals surface area (Å²) in [5, 5.41) is 2.95. The molecular formula is C21H31N3O3. The molecule has 1 fully saturated rings. The number of amides is 1. The van der Waals surface area contributed by atoms with E-state index in [0.717, 1.165) is 30.6 Å². The normalized spacial score (nSPS) is 16.6. The minimum atomic E-state index is -0.418. The average Bonchev–Trinajstić information content (AvgIpc) is 2.93. The van der Waals surface area contributed by atoms with E-state index in [1.165, 1.54) is 6.42 Å². The summed E-state index contributed by atoms with van der Waals surface area (Å²) in [4.78, 5) is 30.1. The summed E-state index contributed by atoms with van der Waals surface area (Å²) in [5.41, 5.74) is 2.85. The summed E-state index contributed by atoms with van der Waals surface area (Å²) in [6, 6.07) is 3.64. The maximum absolute atomic E-state index is 12.7. The number of aromatic amines is 1. The lowest BCUT2D eigenvalue weighted by Crippen LogP contribution is -2.43. The highest BCUT2D eigenvalue weighted by molar-refractivity contribution is 6.08. The molecule has 0 bridgehead atoms. The molecule has 2 heterocycles. The van der Waals surface area contributed by atoms with E-state index in [9.17, 15) is 9.59 Å². The Morgan fingerprint density at radius 1 is 1.37 bits per heavy atom. The van der Waals surface area contributed by atoms with Gasteiger partial charge >= 0.3 is 5.97 Å². The third-order valence-corrected chi connectivity index (χ3v) is 4.84. The lowest BCUT2D eigenvalue weighted by atomic mass is 9.84. The molecule has 3 aliphatic rings. The summed E-state index contributed by atoms with van der Waals surface area (Å²) in [6.45, 7) is 8.69. The Kier molecular flexibility index (Phi) is 6.65. The van der Waals surface area contributed by atoms with Crippen LogP contribution in [0.25, 0.3) is 11.1 Å². The van der Waals surface area contributed by atoms with Gasteiger partial charge in [-0.2, -0.15) is 0 Å². The minimum absolute atomic E-state index is 0. The number of fused-ring (bicyclic) bond motifs is 1. The van der Waals surface area contributed by atoms with Crippen LogP contribution in [0, 0.1) is 5.41 Å². The molecular weight excluding hydrogens is 342 g/mol. The second-order valence-corrected chi connectivity index (χ2v) is 7.69. The van der Waals surface area contributed by atoms with Gasteiger partial charge in [-0.15, -0.1) is 0 Å². The van der Waals surface area contributed by atoms with Crippen LogP contribution in [-0.2, 0) is 9.53 Å². The molecule has 6 heteroatoms. The molecule has 0 aromatic carbocycles. The van der Waals surface area contributed by atoms with Gasteiger partial charge in [-0.3, -0.25) is 9.69 Å². The molecule has 0 aromatic rings. The first-order valence-corrected chi connectivity index (χ1v) is 9.18. The molecule has 0 saturated carbocycles. The lowest BCUT2D eigenvalue weighted by molar-refractivity contribution is -0.118. The molecule has 1 amide bonds. The molecule has 148 valence electrons. The lowest BCUT2D eigenvalue weighted by Gasteiger charge is -2.37. The van der Waals surface area contributed by atoms with Crippen molar-refractivity contribution in [2.45, 2.75) is 41.0 Å². The van der Waals surface area contributed by atoms with E-state index in [4.69, 9.17) is 4.74 Å². The van der Waals surface area contributed by atoms with Crippen molar-refractivity contribution < 1.29 is 14.3 Å². The highest BCUT2D eigenvalue weighted by Crippen LogP contribution is 2.36. The van der Waals surface area contributed by atoms with Crippen LogP contribution in [0.15, 0.2) is 24.5 Å². The first kappa shape index (κ1) is 21.0. The molecule has 2 N–H and O–H groups in total. The predicted octanol–water partition coefficient (Wildman–Crippen LogP) is 3.99. The number of carbonyl (C=O) groups excluding carboxylic acids is 2. The largest absolute Gasteiger partial charge is 0.462 e.